The smallest absolute Gasteiger partial charge is 0.319 e. The number of nitrogens with zero attached hydrogens (tertiary/aromatic N) is 1. The molecule has 1 rings (SSSR count). The molecule has 0 unspecified atom stereocenters. The summed E-state index contributed by atoms with van der Waals surface area (Å²) >= 11 is 0. The molecule has 0 radical (unpaired) electrons. The van der Waals surface area contributed by atoms with Gasteiger partial charge in [0.1, 0.15) is 0 Å². The molecule has 0 saturated carbocycles. The highest BCUT2D eigenvalue weighted by atomic mass is 16.3. The number of benzene rings is 1. The van der Waals surface area contributed by atoms with Gasteiger partial charge in [0.25, 0.3) is 0 Å². The van der Waals surface area contributed by atoms with Crippen molar-refractivity contribution in [3.63, 3.8) is 0 Å². The fourth-order valence-electron chi connectivity index (χ4n) is 1.85. The van der Waals surface area contributed by atoms with Crippen LogP contribution in [0.2, 0.25) is 0 Å². The average molecular weight is 275 g/mol. The molecule has 0 aromatic heterocycles. The monoisotopic (exact) mass is 275 g/mol. The van der Waals surface area contributed by atoms with E-state index in [9.17, 15) is 9.90 Å². The molecule has 1 aromatic carbocycles. The van der Waals surface area contributed by atoms with Crippen molar-refractivity contribution >= 4 is 11.7 Å². The molecule has 0 aliphatic rings. The number of amides is 2. The van der Waals surface area contributed by atoms with E-state index in [1.165, 1.54) is 0 Å². The molecule has 0 heterocycles. The number of carbonyl (C=O) groups is 1. The first kappa shape index (κ1) is 16.0. The molecule has 20 heavy (non-hydrogen) atoms. The van der Waals surface area contributed by atoms with Gasteiger partial charge >= 0.3 is 6.03 Å². The quantitative estimate of drug-likeness (QED) is 0.745. The van der Waals surface area contributed by atoms with Gasteiger partial charge in [0.05, 0.1) is 18.2 Å². The summed E-state index contributed by atoms with van der Waals surface area (Å²) in [5, 5.41) is 23.6. The predicted molar refractivity (Wildman–Crippen MR) is 78.3 cm³/mol. The number of urea groups is 1. The summed E-state index contributed by atoms with van der Waals surface area (Å²) in [7, 11) is 0. The average Bonchev–Trinajstić information content (AvgIpc) is 2.50. The summed E-state index contributed by atoms with van der Waals surface area (Å²) in [6.07, 6.45) is 1.61. The lowest BCUT2D eigenvalue weighted by atomic mass is 9.83. The van der Waals surface area contributed by atoms with Crippen molar-refractivity contribution < 1.29 is 9.90 Å². The van der Waals surface area contributed by atoms with E-state index in [1.54, 1.807) is 24.3 Å². The lowest BCUT2D eigenvalue weighted by Crippen LogP contribution is -2.41. The third-order valence-electron chi connectivity index (χ3n) is 3.73. The zero-order valence-corrected chi connectivity index (χ0v) is 11.9. The summed E-state index contributed by atoms with van der Waals surface area (Å²) in [6, 6.07) is 8.35. The molecule has 3 N–H and O–H groups in total. The number of anilines is 1. The van der Waals surface area contributed by atoms with Gasteiger partial charge < -0.3 is 15.7 Å². The minimum absolute atomic E-state index is 0.0527. The largest absolute Gasteiger partial charge is 0.396 e. The second-order valence-corrected chi connectivity index (χ2v) is 4.86. The van der Waals surface area contributed by atoms with Crippen LogP contribution in [0.4, 0.5) is 10.5 Å². The fourth-order valence-corrected chi connectivity index (χ4v) is 1.85. The second-order valence-electron chi connectivity index (χ2n) is 4.86. The highest BCUT2D eigenvalue weighted by Crippen LogP contribution is 2.24. The zero-order valence-electron chi connectivity index (χ0n) is 11.9. The van der Waals surface area contributed by atoms with Gasteiger partial charge in [0, 0.05) is 17.6 Å². The van der Waals surface area contributed by atoms with Crippen molar-refractivity contribution in [2.24, 2.45) is 5.41 Å². The molecule has 2 amide bonds. The van der Waals surface area contributed by atoms with Gasteiger partial charge in [-0.3, -0.25) is 0 Å². The van der Waals surface area contributed by atoms with E-state index in [-0.39, 0.29) is 18.1 Å². The topological polar surface area (TPSA) is 85.2 Å². The van der Waals surface area contributed by atoms with Crippen LogP contribution in [0.3, 0.4) is 0 Å². The number of carbonyl (C=O) groups excluding carboxylic acids is 1. The molecule has 0 aliphatic heterocycles. The first-order valence-electron chi connectivity index (χ1n) is 6.75. The Labute approximate surface area is 119 Å². The van der Waals surface area contributed by atoms with E-state index >= 15 is 0 Å². The van der Waals surface area contributed by atoms with E-state index in [2.05, 4.69) is 10.6 Å². The van der Waals surface area contributed by atoms with Gasteiger partial charge in [-0.2, -0.15) is 5.26 Å². The number of nitriles is 1. The number of aliphatic hydroxyl groups is 1. The van der Waals surface area contributed by atoms with Crippen LogP contribution in [0.5, 0.6) is 0 Å². The van der Waals surface area contributed by atoms with Gasteiger partial charge in [-0.25, -0.2) is 4.79 Å². The van der Waals surface area contributed by atoms with Crippen LogP contribution in [-0.4, -0.2) is 24.3 Å². The normalized spacial score (nSPS) is 10.7. The highest BCUT2D eigenvalue weighted by Gasteiger charge is 2.25. The van der Waals surface area contributed by atoms with Crippen molar-refractivity contribution in [1.82, 2.24) is 5.32 Å². The van der Waals surface area contributed by atoms with E-state index in [0.29, 0.717) is 17.8 Å². The van der Waals surface area contributed by atoms with Crippen molar-refractivity contribution in [1.29, 1.82) is 5.26 Å². The summed E-state index contributed by atoms with van der Waals surface area (Å²) in [6.45, 7) is 4.48. The Balaban J connectivity index is 2.53. The second kappa shape index (κ2) is 7.51. The summed E-state index contributed by atoms with van der Waals surface area (Å²) < 4.78 is 0. The van der Waals surface area contributed by atoms with Crippen molar-refractivity contribution in [2.45, 2.75) is 26.7 Å². The molecule has 0 saturated heterocycles. The third-order valence-corrected chi connectivity index (χ3v) is 3.73. The standard InChI is InChI=1S/C15H21N3O2/c1-3-15(4-2,11-19)10-17-14(20)18-13-7-5-12(9-16)6-8-13/h5-8,19H,3-4,10-11H2,1-2H3,(H2,17,18,20). The van der Waals surface area contributed by atoms with E-state index in [0.717, 1.165) is 12.8 Å². The minimum Gasteiger partial charge on any atom is -0.396 e. The maximum atomic E-state index is 11.8. The molecule has 5 heteroatoms. The van der Waals surface area contributed by atoms with Crippen LogP contribution in [0.1, 0.15) is 32.3 Å². The molecule has 0 bridgehead atoms. The number of nitrogens with one attached hydrogen (secondary N) is 2. The van der Waals surface area contributed by atoms with Crippen LogP contribution in [0.25, 0.3) is 0 Å². The van der Waals surface area contributed by atoms with Crippen LogP contribution in [0.15, 0.2) is 24.3 Å². The SMILES string of the molecule is CCC(CC)(CO)CNC(=O)Nc1ccc(C#N)cc1. The van der Waals surface area contributed by atoms with Crippen molar-refractivity contribution in [3.8, 4) is 6.07 Å². The van der Waals surface area contributed by atoms with Gasteiger partial charge in [-0.15, -0.1) is 0 Å². The molecule has 0 fully saturated rings. The van der Waals surface area contributed by atoms with Crippen LogP contribution < -0.4 is 10.6 Å². The summed E-state index contributed by atoms with van der Waals surface area (Å²) in [5.41, 5.74) is 0.915. The van der Waals surface area contributed by atoms with E-state index < -0.39 is 0 Å². The Kier molecular flexibility index (Phi) is 6.01. The molecular weight excluding hydrogens is 254 g/mol. The fraction of sp³-hybridized carbons (Fsp3) is 0.467. The van der Waals surface area contributed by atoms with Crippen LogP contribution >= 0.6 is 0 Å². The number of rotatable bonds is 6. The third kappa shape index (κ3) is 4.25. The number of hydrogen-bond acceptors (Lipinski definition) is 3. The Morgan fingerprint density at radius 2 is 1.90 bits per heavy atom. The molecule has 0 aliphatic carbocycles. The number of aliphatic hydroxyl groups excluding tert-OH is 1. The Hall–Kier alpha value is -2.06. The molecule has 0 spiro atoms. The van der Waals surface area contributed by atoms with Gasteiger partial charge in [-0.05, 0) is 37.1 Å². The van der Waals surface area contributed by atoms with E-state index in [4.69, 9.17) is 5.26 Å². The predicted octanol–water partition coefficient (Wildman–Crippen LogP) is 2.48. The lowest BCUT2D eigenvalue weighted by molar-refractivity contribution is 0.116. The van der Waals surface area contributed by atoms with Crippen LogP contribution in [0, 0.1) is 16.7 Å². The number of hydrogen-bond donors (Lipinski definition) is 3. The summed E-state index contributed by atoms with van der Waals surface area (Å²) in [4.78, 5) is 11.8. The highest BCUT2D eigenvalue weighted by molar-refractivity contribution is 5.89. The van der Waals surface area contributed by atoms with Crippen molar-refractivity contribution in [3.05, 3.63) is 29.8 Å². The minimum atomic E-state index is -0.311. The molecule has 5 nitrogen and oxygen atoms in total. The van der Waals surface area contributed by atoms with Crippen molar-refractivity contribution in [2.75, 3.05) is 18.5 Å². The summed E-state index contributed by atoms with van der Waals surface area (Å²) in [5.74, 6) is 0. The maximum absolute atomic E-state index is 11.8. The molecule has 0 atom stereocenters. The first-order chi connectivity index (χ1) is 9.59. The van der Waals surface area contributed by atoms with Crippen LogP contribution in [-0.2, 0) is 0 Å². The van der Waals surface area contributed by atoms with Gasteiger partial charge in [0.15, 0.2) is 0 Å². The Morgan fingerprint density at radius 1 is 1.30 bits per heavy atom. The van der Waals surface area contributed by atoms with E-state index in [1.807, 2.05) is 19.9 Å². The maximum Gasteiger partial charge on any atom is 0.319 e. The van der Waals surface area contributed by atoms with Gasteiger partial charge in [0.2, 0.25) is 0 Å². The Bertz CT molecular complexity index is 465. The Morgan fingerprint density at radius 3 is 2.35 bits per heavy atom. The first-order valence-corrected chi connectivity index (χ1v) is 6.75. The molecular formula is C15H21N3O2. The molecule has 1 aromatic rings. The lowest BCUT2D eigenvalue weighted by Gasteiger charge is -2.29. The molecule has 108 valence electrons. The van der Waals surface area contributed by atoms with Gasteiger partial charge in [-0.1, -0.05) is 13.8 Å². The zero-order chi connectivity index (χ0) is 15.0.